The van der Waals surface area contributed by atoms with Gasteiger partial charge < -0.3 is 30.1 Å². The number of nitrogens with zero attached hydrogens (tertiary/aromatic N) is 4. The number of morpholine rings is 1. The molecule has 44 heavy (non-hydrogen) atoms. The van der Waals surface area contributed by atoms with Gasteiger partial charge in [-0.3, -0.25) is 15.0 Å². The molecule has 0 unspecified atom stereocenters. The summed E-state index contributed by atoms with van der Waals surface area (Å²) in [6.45, 7) is 9.06. The quantitative estimate of drug-likeness (QED) is 0.269. The molecule has 1 aromatic carbocycles. The van der Waals surface area contributed by atoms with Crippen LogP contribution < -0.4 is 15.8 Å². The second-order valence-corrected chi connectivity index (χ2v) is 11.5. The molecule has 0 spiro atoms. The fourth-order valence-electron chi connectivity index (χ4n) is 5.78. The largest absolute Gasteiger partial charge is 0.478 e. The number of carboxylic acid groups (broad SMARTS) is 2. The highest BCUT2D eigenvalue weighted by Gasteiger charge is 2.42. The number of hydrogen-bond donors (Lipinski definition) is 4. The van der Waals surface area contributed by atoms with Crippen LogP contribution in [0.4, 0.5) is 10.1 Å². The summed E-state index contributed by atoms with van der Waals surface area (Å²) in [7, 11) is 0. The Labute approximate surface area is 255 Å². The number of benzene rings is 1. The van der Waals surface area contributed by atoms with Gasteiger partial charge >= 0.3 is 11.9 Å². The summed E-state index contributed by atoms with van der Waals surface area (Å²) < 4.78 is 20.6. The Morgan fingerprint density at radius 3 is 2.45 bits per heavy atom. The number of ether oxygens (including phenoxy) is 1. The van der Waals surface area contributed by atoms with E-state index in [1.807, 2.05) is 20.8 Å². The number of rotatable bonds is 11. The van der Waals surface area contributed by atoms with Crippen LogP contribution in [0.15, 0.2) is 47.4 Å². The second-order valence-electron chi connectivity index (χ2n) is 11.5. The van der Waals surface area contributed by atoms with E-state index in [1.165, 1.54) is 23.2 Å². The molecule has 0 radical (unpaired) electrons. The smallest absolute Gasteiger partial charge is 0.356 e. The number of anilines is 1. The average molecular weight is 617 g/mol. The van der Waals surface area contributed by atoms with E-state index in [2.05, 4.69) is 10.7 Å². The number of hydrogen-bond acceptors (Lipinski definition) is 9. The van der Waals surface area contributed by atoms with Crippen LogP contribution >= 0.6 is 0 Å². The van der Waals surface area contributed by atoms with Gasteiger partial charge in [0.25, 0.3) is 5.91 Å². The molecular weight excluding hydrogens is 575 g/mol. The number of halogens is 1. The molecule has 4 rings (SSSR count). The van der Waals surface area contributed by atoms with Crippen LogP contribution in [0.25, 0.3) is 0 Å². The number of nitrogens with one attached hydrogen (secondary N) is 2. The Kier molecular flexibility index (Phi) is 10.8. The first-order valence-corrected chi connectivity index (χ1v) is 14.9. The lowest BCUT2D eigenvalue weighted by Gasteiger charge is -2.40. The Hall–Kier alpha value is -4.17. The number of aliphatic carboxylic acids is 2. The Morgan fingerprint density at radius 1 is 1.14 bits per heavy atom. The van der Waals surface area contributed by atoms with Gasteiger partial charge in [0.05, 0.1) is 30.9 Å². The van der Waals surface area contributed by atoms with Crippen molar-refractivity contribution in [2.75, 3.05) is 50.9 Å². The van der Waals surface area contributed by atoms with Crippen LogP contribution in [0.2, 0.25) is 0 Å². The highest BCUT2D eigenvalue weighted by atomic mass is 19.1. The van der Waals surface area contributed by atoms with Crippen LogP contribution in [0.3, 0.4) is 0 Å². The summed E-state index contributed by atoms with van der Waals surface area (Å²) >= 11 is 0. The van der Waals surface area contributed by atoms with E-state index in [9.17, 15) is 29.4 Å². The molecular formula is C30H41FN6O7. The third kappa shape index (κ3) is 7.30. The molecule has 3 heterocycles. The normalized spacial score (nSPS) is 21.0. The van der Waals surface area contributed by atoms with Crippen molar-refractivity contribution in [1.29, 1.82) is 0 Å². The zero-order chi connectivity index (χ0) is 32.0. The molecule has 2 amide bonds. The topological polar surface area (TPSA) is 155 Å². The number of amides is 2. The van der Waals surface area contributed by atoms with E-state index >= 15 is 4.39 Å². The van der Waals surface area contributed by atoms with Gasteiger partial charge in [-0.05, 0) is 30.9 Å². The highest BCUT2D eigenvalue weighted by molar-refractivity contribution is 5.98. The maximum Gasteiger partial charge on any atom is 0.356 e. The first-order valence-electron chi connectivity index (χ1n) is 14.9. The van der Waals surface area contributed by atoms with E-state index in [4.69, 9.17) is 4.74 Å². The van der Waals surface area contributed by atoms with Gasteiger partial charge in [0.15, 0.2) is 5.70 Å². The number of hydrazine groups is 2. The lowest BCUT2D eigenvalue weighted by molar-refractivity contribution is -0.142. The monoisotopic (exact) mass is 616 g/mol. The molecule has 2 saturated heterocycles. The van der Waals surface area contributed by atoms with Crippen LogP contribution in [-0.2, 0) is 23.9 Å². The van der Waals surface area contributed by atoms with Crippen molar-refractivity contribution >= 4 is 29.4 Å². The highest BCUT2D eigenvalue weighted by Crippen LogP contribution is 2.35. The van der Waals surface area contributed by atoms with Gasteiger partial charge in [-0.15, -0.1) is 0 Å². The molecule has 3 aliphatic rings. The molecule has 4 N–H and O–H groups in total. The van der Waals surface area contributed by atoms with Gasteiger partial charge in [-0.1, -0.05) is 39.3 Å². The number of carbonyl (C=O) groups is 4. The molecule has 0 aliphatic carbocycles. The van der Waals surface area contributed by atoms with Crippen molar-refractivity contribution in [2.24, 2.45) is 11.8 Å². The number of para-hydroxylation sites is 1. The van der Waals surface area contributed by atoms with Crippen LogP contribution in [0.5, 0.6) is 0 Å². The molecule has 14 heteroatoms. The SMILES string of the molecule is CCCC1=C(C(=O)N(CC(C)C)[C@@H]2CNC[C@H](C(=O)N3CCOCC3)C2)NN(/C(=C/C(=O)O)C(=O)O)N1c1ccccc1F. The average Bonchev–Trinajstić information content (AvgIpc) is 3.37. The van der Waals surface area contributed by atoms with Crippen molar-refractivity contribution in [2.45, 2.75) is 46.1 Å². The Morgan fingerprint density at radius 2 is 1.84 bits per heavy atom. The van der Waals surface area contributed by atoms with E-state index in [0.29, 0.717) is 70.6 Å². The minimum atomic E-state index is -1.59. The molecule has 2 fully saturated rings. The first-order chi connectivity index (χ1) is 21.0. The molecule has 0 bridgehead atoms. The molecule has 3 aliphatic heterocycles. The predicted octanol–water partition coefficient (Wildman–Crippen LogP) is 1.75. The minimum Gasteiger partial charge on any atom is -0.478 e. The number of carbonyl (C=O) groups excluding carboxylic acids is 2. The van der Waals surface area contributed by atoms with Gasteiger partial charge in [-0.25, -0.2) is 19.0 Å². The zero-order valence-corrected chi connectivity index (χ0v) is 25.3. The summed E-state index contributed by atoms with van der Waals surface area (Å²) in [5, 5.41) is 24.9. The maximum atomic E-state index is 15.2. The van der Waals surface area contributed by atoms with Gasteiger partial charge in [0, 0.05) is 38.8 Å². The fourth-order valence-corrected chi connectivity index (χ4v) is 5.78. The maximum absolute atomic E-state index is 15.2. The lowest BCUT2D eigenvalue weighted by Crippen LogP contribution is -2.56. The van der Waals surface area contributed by atoms with E-state index in [1.54, 1.807) is 15.9 Å². The van der Waals surface area contributed by atoms with Crippen LogP contribution in [0, 0.1) is 17.7 Å². The number of allylic oxidation sites excluding steroid dienone is 1. The lowest BCUT2D eigenvalue weighted by atomic mass is 9.92. The standard InChI is InChI=1S/C30H41FN6O7/c1-4-7-24-27(33-37(25(30(42)43)15-26(38)39)36(24)23-9-6-5-8-22(23)31)29(41)35(18-19(2)3)21-14-20(16-32-17-21)28(40)34-10-12-44-13-11-34/h5-6,8-9,15,19-21,32-33H,4,7,10-14,16-18H2,1-3H3,(H,38,39)(H,42,43)/b25-15+/t20-,21+/m1/s1. The molecule has 13 nitrogen and oxygen atoms in total. The number of piperidine rings is 1. The molecule has 0 aromatic heterocycles. The van der Waals surface area contributed by atoms with Gasteiger partial charge in [0.1, 0.15) is 17.2 Å². The Balaban J connectivity index is 1.74. The molecule has 2 atom stereocenters. The van der Waals surface area contributed by atoms with Crippen molar-refractivity contribution in [3.05, 3.63) is 53.2 Å². The molecule has 1 aromatic rings. The zero-order valence-electron chi connectivity index (χ0n) is 25.3. The second kappa shape index (κ2) is 14.5. The van der Waals surface area contributed by atoms with E-state index < -0.39 is 29.4 Å². The van der Waals surface area contributed by atoms with Crippen molar-refractivity contribution in [3.8, 4) is 0 Å². The van der Waals surface area contributed by atoms with Crippen molar-refractivity contribution in [3.63, 3.8) is 0 Å². The summed E-state index contributed by atoms with van der Waals surface area (Å²) in [6, 6.07) is 5.29. The van der Waals surface area contributed by atoms with E-state index in [0.717, 1.165) is 5.12 Å². The minimum absolute atomic E-state index is 0.00846. The van der Waals surface area contributed by atoms with Crippen molar-refractivity contribution in [1.82, 2.24) is 25.7 Å². The number of carboxylic acids is 2. The van der Waals surface area contributed by atoms with Crippen LogP contribution in [0.1, 0.15) is 40.0 Å². The molecule has 240 valence electrons. The first kappa shape index (κ1) is 32.7. The summed E-state index contributed by atoms with van der Waals surface area (Å²) in [4.78, 5) is 55.2. The Bertz CT molecular complexity index is 1310. The van der Waals surface area contributed by atoms with Crippen LogP contribution in [-0.4, -0.2) is 101 Å². The van der Waals surface area contributed by atoms with Crippen molar-refractivity contribution < 1.29 is 38.5 Å². The van der Waals surface area contributed by atoms with Gasteiger partial charge in [0.2, 0.25) is 5.91 Å². The predicted molar refractivity (Wildman–Crippen MR) is 158 cm³/mol. The summed E-state index contributed by atoms with van der Waals surface area (Å²) in [5.41, 5.74) is 2.35. The third-order valence-electron chi connectivity index (χ3n) is 7.71. The summed E-state index contributed by atoms with van der Waals surface area (Å²) in [5.74, 6) is -4.57. The van der Waals surface area contributed by atoms with Gasteiger partial charge in [-0.2, -0.15) is 5.12 Å². The third-order valence-corrected chi connectivity index (χ3v) is 7.71. The fraction of sp³-hybridized carbons (Fsp3) is 0.533. The van der Waals surface area contributed by atoms with E-state index in [-0.39, 0.29) is 41.6 Å². The molecule has 0 saturated carbocycles. The summed E-state index contributed by atoms with van der Waals surface area (Å²) in [6.07, 6.45) is 1.68.